The van der Waals surface area contributed by atoms with Gasteiger partial charge in [0.05, 0.1) is 5.75 Å². The zero-order valence-corrected chi connectivity index (χ0v) is 11.1. The van der Waals surface area contributed by atoms with Crippen LogP contribution in [-0.2, 0) is 13.8 Å². The lowest BCUT2D eigenvalue weighted by molar-refractivity contribution is -0.127. The Balaban J connectivity index is 2.38. The third kappa shape index (κ3) is 1.80. The number of Topliss-reactive ketones (excluding diaryl/α,β-unsaturated/α-hetero) is 1. The zero-order valence-electron chi connectivity index (χ0n) is 9.57. The molecule has 2 aliphatic carbocycles. The Morgan fingerprint density at radius 2 is 2.12 bits per heavy atom. The van der Waals surface area contributed by atoms with Crippen molar-refractivity contribution in [3.8, 4) is 0 Å². The van der Waals surface area contributed by atoms with Gasteiger partial charge in [-0.2, -0.15) is 0 Å². The number of hydrogen-bond acceptors (Lipinski definition) is 3. The van der Waals surface area contributed by atoms with E-state index in [2.05, 4.69) is 13.8 Å². The molecule has 3 atom stereocenters. The summed E-state index contributed by atoms with van der Waals surface area (Å²) in [6.07, 6.45) is 2.22. The Kier molecular flexibility index (Phi) is 2.86. The summed E-state index contributed by atoms with van der Waals surface area (Å²) < 4.78 is 22.6. The second kappa shape index (κ2) is 3.70. The van der Waals surface area contributed by atoms with E-state index < -0.39 is 14.5 Å². The van der Waals surface area contributed by atoms with Crippen LogP contribution < -0.4 is 0 Å². The second-order valence-corrected chi connectivity index (χ2v) is 8.31. The normalized spacial score (nSPS) is 38.6. The van der Waals surface area contributed by atoms with E-state index in [-0.39, 0.29) is 17.5 Å². The molecule has 2 bridgehead atoms. The van der Waals surface area contributed by atoms with E-state index in [1.807, 2.05) is 0 Å². The molecule has 0 heterocycles. The molecular weight excluding hydrogens is 248 g/mol. The van der Waals surface area contributed by atoms with Crippen LogP contribution in [0.4, 0.5) is 0 Å². The van der Waals surface area contributed by atoms with Crippen LogP contribution in [0.2, 0.25) is 0 Å². The van der Waals surface area contributed by atoms with E-state index >= 15 is 0 Å². The Hall–Kier alpha value is -0.0900. The molecule has 0 aliphatic heterocycles. The monoisotopic (exact) mass is 264 g/mol. The molecule has 2 saturated carbocycles. The molecule has 0 amide bonds. The Bertz CT molecular complexity index is 415. The summed E-state index contributed by atoms with van der Waals surface area (Å²) in [5, 5.41) is 0. The summed E-state index contributed by atoms with van der Waals surface area (Å²) in [6.45, 7) is 4.13. The zero-order chi connectivity index (χ0) is 12.1. The molecule has 16 heavy (non-hydrogen) atoms. The molecule has 2 fully saturated rings. The van der Waals surface area contributed by atoms with Gasteiger partial charge in [-0.3, -0.25) is 4.79 Å². The molecule has 5 heteroatoms. The van der Waals surface area contributed by atoms with Gasteiger partial charge in [-0.1, -0.05) is 13.8 Å². The fourth-order valence-electron chi connectivity index (χ4n) is 3.98. The predicted molar refractivity (Wildman–Crippen MR) is 62.7 cm³/mol. The van der Waals surface area contributed by atoms with Crippen molar-refractivity contribution in [2.24, 2.45) is 23.2 Å². The van der Waals surface area contributed by atoms with Crippen molar-refractivity contribution in [2.45, 2.75) is 33.1 Å². The number of fused-ring (bicyclic) bond motifs is 2. The van der Waals surface area contributed by atoms with Gasteiger partial charge in [-0.05, 0) is 30.6 Å². The van der Waals surface area contributed by atoms with Crippen molar-refractivity contribution in [2.75, 3.05) is 5.75 Å². The maximum Gasteiger partial charge on any atom is 0.233 e. The second-order valence-electron chi connectivity index (χ2n) is 5.54. The molecule has 0 aromatic heterocycles. The number of halogens is 1. The molecule has 0 radical (unpaired) electrons. The van der Waals surface area contributed by atoms with Crippen LogP contribution in [0.1, 0.15) is 33.1 Å². The van der Waals surface area contributed by atoms with Gasteiger partial charge in [0.2, 0.25) is 9.05 Å². The van der Waals surface area contributed by atoms with Crippen molar-refractivity contribution in [1.82, 2.24) is 0 Å². The first-order valence-electron chi connectivity index (χ1n) is 5.72. The number of hydrogen-bond donors (Lipinski definition) is 0. The van der Waals surface area contributed by atoms with Crippen LogP contribution >= 0.6 is 10.7 Å². The molecule has 0 spiro atoms. The molecule has 0 N–H and O–H groups in total. The van der Waals surface area contributed by atoms with Crippen LogP contribution in [0.15, 0.2) is 0 Å². The first-order chi connectivity index (χ1) is 7.26. The standard InChI is InChI=1S/C11H17ClO3S/c1-7(2)10-8-3-4-11(10,9(13)5-8)6-16(12,14)15/h7-8,10H,3-6H2,1-2H3/t8-,10?,11-/m1/s1. The topological polar surface area (TPSA) is 51.2 Å². The number of rotatable bonds is 3. The van der Waals surface area contributed by atoms with Crippen LogP contribution in [-0.4, -0.2) is 20.0 Å². The van der Waals surface area contributed by atoms with Crippen molar-refractivity contribution in [3.05, 3.63) is 0 Å². The van der Waals surface area contributed by atoms with E-state index in [4.69, 9.17) is 10.7 Å². The average Bonchev–Trinajstić information content (AvgIpc) is 2.52. The Morgan fingerprint density at radius 3 is 2.56 bits per heavy atom. The van der Waals surface area contributed by atoms with Crippen molar-refractivity contribution >= 4 is 25.5 Å². The van der Waals surface area contributed by atoms with Crippen molar-refractivity contribution in [1.29, 1.82) is 0 Å². The van der Waals surface area contributed by atoms with Crippen LogP contribution in [0.5, 0.6) is 0 Å². The number of ketones is 1. The first kappa shape index (κ1) is 12.4. The van der Waals surface area contributed by atoms with Gasteiger partial charge in [0.15, 0.2) is 0 Å². The average molecular weight is 265 g/mol. The van der Waals surface area contributed by atoms with E-state index in [0.717, 1.165) is 6.42 Å². The van der Waals surface area contributed by atoms with E-state index in [1.165, 1.54) is 0 Å². The Labute approximate surface area is 101 Å². The molecule has 3 nitrogen and oxygen atoms in total. The molecule has 0 saturated heterocycles. The summed E-state index contributed by atoms with van der Waals surface area (Å²) in [6, 6.07) is 0. The van der Waals surface area contributed by atoms with Gasteiger partial charge in [0.1, 0.15) is 5.78 Å². The van der Waals surface area contributed by atoms with Gasteiger partial charge < -0.3 is 0 Å². The Morgan fingerprint density at radius 1 is 1.50 bits per heavy atom. The van der Waals surface area contributed by atoms with Crippen molar-refractivity contribution < 1.29 is 13.2 Å². The number of carbonyl (C=O) groups excluding carboxylic acids is 1. The third-order valence-electron chi connectivity index (χ3n) is 4.26. The molecule has 1 unspecified atom stereocenters. The van der Waals surface area contributed by atoms with Gasteiger partial charge in [0.25, 0.3) is 0 Å². The van der Waals surface area contributed by atoms with Gasteiger partial charge in [0, 0.05) is 22.5 Å². The molecule has 2 rings (SSSR count). The molecule has 92 valence electrons. The number of carbonyl (C=O) groups is 1. The summed E-state index contributed by atoms with van der Waals surface area (Å²) in [5.41, 5.74) is -0.667. The third-order valence-corrected chi connectivity index (χ3v) is 5.45. The quantitative estimate of drug-likeness (QED) is 0.735. The smallest absolute Gasteiger partial charge is 0.233 e. The minimum Gasteiger partial charge on any atom is -0.299 e. The van der Waals surface area contributed by atoms with Crippen LogP contribution in [0.25, 0.3) is 0 Å². The van der Waals surface area contributed by atoms with Crippen LogP contribution in [0, 0.1) is 23.2 Å². The summed E-state index contributed by atoms with van der Waals surface area (Å²) >= 11 is 0. The fourth-order valence-corrected chi connectivity index (χ4v) is 5.67. The van der Waals surface area contributed by atoms with Crippen LogP contribution in [0.3, 0.4) is 0 Å². The first-order valence-corrected chi connectivity index (χ1v) is 8.20. The van der Waals surface area contributed by atoms with E-state index in [9.17, 15) is 13.2 Å². The molecule has 0 aromatic rings. The predicted octanol–water partition coefficient (Wildman–Crippen LogP) is 2.20. The van der Waals surface area contributed by atoms with Crippen molar-refractivity contribution in [3.63, 3.8) is 0 Å². The summed E-state index contributed by atoms with van der Waals surface area (Å²) in [5.74, 6) is 0.878. The maximum absolute atomic E-state index is 12.0. The minimum absolute atomic E-state index is 0.117. The fraction of sp³-hybridized carbons (Fsp3) is 0.909. The largest absolute Gasteiger partial charge is 0.299 e. The molecule has 0 aromatic carbocycles. The van der Waals surface area contributed by atoms with Gasteiger partial charge in [-0.25, -0.2) is 8.42 Å². The van der Waals surface area contributed by atoms with E-state index in [1.54, 1.807) is 0 Å². The highest BCUT2D eigenvalue weighted by molar-refractivity contribution is 8.13. The highest BCUT2D eigenvalue weighted by Gasteiger charge is 2.61. The maximum atomic E-state index is 12.0. The van der Waals surface area contributed by atoms with Gasteiger partial charge in [-0.15, -0.1) is 0 Å². The lowest BCUT2D eigenvalue weighted by atomic mass is 9.75. The summed E-state index contributed by atoms with van der Waals surface area (Å²) in [7, 11) is 1.76. The summed E-state index contributed by atoms with van der Waals surface area (Å²) in [4.78, 5) is 12.0. The SMILES string of the molecule is CC(C)C1[C@@H]2CC[C@@]1(CS(=O)(=O)Cl)C(=O)C2. The van der Waals surface area contributed by atoms with E-state index in [0.29, 0.717) is 24.7 Å². The lowest BCUT2D eigenvalue weighted by Gasteiger charge is -2.31. The van der Waals surface area contributed by atoms with Gasteiger partial charge >= 0.3 is 0 Å². The highest BCUT2D eigenvalue weighted by atomic mass is 35.7. The minimum atomic E-state index is -3.60. The lowest BCUT2D eigenvalue weighted by Crippen LogP contribution is -2.38. The highest BCUT2D eigenvalue weighted by Crippen LogP contribution is 2.59. The molecular formula is C11H17ClO3S. The molecule has 2 aliphatic rings.